The second-order valence-corrected chi connectivity index (χ2v) is 5.71. The molecule has 0 saturated carbocycles. The van der Waals surface area contributed by atoms with Crippen molar-refractivity contribution < 1.29 is 14.3 Å². The van der Waals surface area contributed by atoms with Crippen molar-refractivity contribution in [3.63, 3.8) is 0 Å². The largest absolute Gasteiger partial charge is 0.493 e. The lowest BCUT2D eigenvalue weighted by Gasteiger charge is -2.20. The summed E-state index contributed by atoms with van der Waals surface area (Å²) >= 11 is 0. The molecule has 26 heavy (non-hydrogen) atoms. The highest BCUT2D eigenvalue weighted by molar-refractivity contribution is 5.98. The van der Waals surface area contributed by atoms with Gasteiger partial charge in [0.25, 0.3) is 5.91 Å². The van der Waals surface area contributed by atoms with Crippen LogP contribution in [-0.4, -0.2) is 29.9 Å². The zero-order valence-corrected chi connectivity index (χ0v) is 14.8. The lowest BCUT2D eigenvalue weighted by molar-refractivity contribution is 0.0928. The molecular weight excluding hydrogens is 330 g/mol. The number of nitrogens with zero attached hydrogens (tertiary/aromatic N) is 2. The molecule has 0 bridgehead atoms. The number of rotatable bonds is 7. The molecule has 0 aliphatic rings. The van der Waals surface area contributed by atoms with E-state index in [4.69, 9.17) is 9.47 Å². The van der Waals surface area contributed by atoms with Crippen molar-refractivity contribution in [2.75, 3.05) is 14.2 Å². The molecule has 0 spiro atoms. The van der Waals surface area contributed by atoms with E-state index in [0.717, 1.165) is 5.56 Å². The normalized spacial score (nSPS) is 11.6. The fraction of sp³-hybridized carbons (Fsp3) is 0.200. The van der Waals surface area contributed by atoms with Gasteiger partial charge in [0.1, 0.15) is 0 Å². The van der Waals surface area contributed by atoms with E-state index in [0.29, 0.717) is 23.6 Å². The van der Waals surface area contributed by atoms with Gasteiger partial charge in [-0.1, -0.05) is 36.4 Å². The van der Waals surface area contributed by atoms with Gasteiger partial charge >= 0.3 is 0 Å². The maximum atomic E-state index is 12.9. The summed E-state index contributed by atoms with van der Waals surface area (Å²) in [5, 5.41) is 7.32. The number of aromatic nitrogens is 2. The van der Waals surface area contributed by atoms with Crippen LogP contribution in [0.4, 0.5) is 0 Å². The van der Waals surface area contributed by atoms with Crippen LogP contribution in [0.25, 0.3) is 0 Å². The molecular formula is C20H21N3O3. The zero-order chi connectivity index (χ0) is 18.4. The van der Waals surface area contributed by atoms with Crippen molar-refractivity contribution in [3.05, 3.63) is 78.1 Å². The summed E-state index contributed by atoms with van der Waals surface area (Å²) in [6.45, 7) is 0.523. The van der Waals surface area contributed by atoms with E-state index in [1.165, 1.54) is 7.11 Å². The monoisotopic (exact) mass is 351 g/mol. The lowest BCUT2D eigenvalue weighted by atomic mass is 10.1. The molecule has 0 radical (unpaired) electrons. The molecule has 1 unspecified atom stereocenters. The van der Waals surface area contributed by atoms with Crippen molar-refractivity contribution in [1.82, 2.24) is 15.1 Å². The molecule has 6 nitrogen and oxygen atoms in total. The van der Waals surface area contributed by atoms with Crippen molar-refractivity contribution >= 4 is 5.91 Å². The number of para-hydroxylation sites is 1. The molecule has 0 fully saturated rings. The molecule has 1 amide bonds. The Bertz CT molecular complexity index is 848. The van der Waals surface area contributed by atoms with E-state index in [1.54, 1.807) is 36.2 Å². The SMILES string of the molecule is COc1cccc(C(=O)NC(Cn2cccn2)c2ccccc2)c1OC. The van der Waals surface area contributed by atoms with E-state index in [9.17, 15) is 4.79 Å². The van der Waals surface area contributed by atoms with Crippen LogP contribution in [0.2, 0.25) is 0 Å². The van der Waals surface area contributed by atoms with Gasteiger partial charge in [0, 0.05) is 12.4 Å². The number of carbonyl (C=O) groups excluding carboxylic acids is 1. The topological polar surface area (TPSA) is 65.4 Å². The molecule has 0 aliphatic heterocycles. The molecule has 3 aromatic rings. The standard InChI is InChI=1S/C20H21N3O3/c1-25-18-11-6-10-16(19(18)26-2)20(24)22-17(14-23-13-7-12-21-23)15-8-4-3-5-9-15/h3-13,17H,14H2,1-2H3,(H,22,24). The van der Waals surface area contributed by atoms with Gasteiger partial charge in [-0.3, -0.25) is 9.48 Å². The lowest BCUT2D eigenvalue weighted by Crippen LogP contribution is -2.32. The Balaban J connectivity index is 1.88. The Morgan fingerprint density at radius 2 is 1.88 bits per heavy atom. The molecule has 1 N–H and O–H groups in total. The average Bonchev–Trinajstić information content (AvgIpc) is 3.20. The molecule has 1 heterocycles. The Morgan fingerprint density at radius 3 is 2.54 bits per heavy atom. The van der Waals surface area contributed by atoms with Crippen molar-refractivity contribution in [2.24, 2.45) is 0 Å². The molecule has 1 aromatic heterocycles. The van der Waals surface area contributed by atoms with Gasteiger partial charge in [0.15, 0.2) is 11.5 Å². The van der Waals surface area contributed by atoms with E-state index >= 15 is 0 Å². The highest BCUT2D eigenvalue weighted by Crippen LogP contribution is 2.31. The maximum absolute atomic E-state index is 12.9. The second kappa shape index (κ2) is 8.20. The molecule has 2 aromatic carbocycles. The number of carbonyl (C=O) groups is 1. The Kier molecular flexibility index (Phi) is 5.53. The Hall–Kier alpha value is -3.28. The first-order valence-corrected chi connectivity index (χ1v) is 8.27. The van der Waals surface area contributed by atoms with E-state index < -0.39 is 0 Å². The maximum Gasteiger partial charge on any atom is 0.255 e. The number of amides is 1. The third kappa shape index (κ3) is 3.85. The van der Waals surface area contributed by atoms with Gasteiger partial charge in [-0.15, -0.1) is 0 Å². The summed E-state index contributed by atoms with van der Waals surface area (Å²) in [4.78, 5) is 12.9. The predicted molar refractivity (Wildman–Crippen MR) is 98.4 cm³/mol. The summed E-state index contributed by atoms with van der Waals surface area (Å²) in [5.74, 6) is 0.698. The second-order valence-electron chi connectivity index (χ2n) is 5.71. The van der Waals surface area contributed by atoms with Crippen LogP contribution in [0.15, 0.2) is 67.0 Å². The number of nitrogens with one attached hydrogen (secondary N) is 1. The highest BCUT2D eigenvalue weighted by Gasteiger charge is 2.21. The number of methoxy groups -OCH3 is 2. The zero-order valence-electron chi connectivity index (χ0n) is 14.8. The molecule has 3 rings (SSSR count). The van der Waals surface area contributed by atoms with E-state index in [-0.39, 0.29) is 11.9 Å². The van der Waals surface area contributed by atoms with Gasteiger partial charge in [0.2, 0.25) is 0 Å². The fourth-order valence-electron chi connectivity index (χ4n) is 2.82. The van der Waals surface area contributed by atoms with Crippen molar-refractivity contribution in [2.45, 2.75) is 12.6 Å². The van der Waals surface area contributed by atoms with Crippen molar-refractivity contribution in [1.29, 1.82) is 0 Å². The minimum absolute atomic E-state index is 0.234. The molecule has 0 saturated heterocycles. The first-order valence-electron chi connectivity index (χ1n) is 8.27. The predicted octanol–water partition coefficient (Wildman–Crippen LogP) is 3.07. The molecule has 0 aliphatic carbocycles. The summed E-state index contributed by atoms with van der Waals surface area (Å²) in [6, 6.07) is 16.7. The van der Waals surface area contributed by atoms with Gasteiger partial charge in [-0.25, -0.2) is 0 Å². The third-order valence-corrected chi connectivity index (χ3v) is 4.08. The smallest absolute Gasteiger partial charge is 0.255 e. The molecule has 1 atom stereocenters. The quantitative estimate of drug-likeness (QED) is 0.710. The van der Waals surface area contributed by atoms with Crippen LogP contribution in [0, 0.1) is 0 Å². The first-order chi connectivity index (χ1) is 12.7. The number of benzene rings is 2. The van der Waals surface area contributed by atoms with E-state index in [1.807, 2.05) is 42.6 Å². The Labute approximate surface area is 152 Å². The average molecular weight is 351 g/mol. The molecule has 134 valence electrons. The van der Waals surface area contributed by atoms with Gasteiger partial charge in [0.05, 0.1) is 32.4 Å². The Morgan fingerprint density at radius 1 is 1.08 bits per heavy atom. The number of hydrogen-bond donors (Lipinski definition) is 1. The summed E-state index contributed by atoms with van der Waals surface area (Å²) in [5.41, 5.74) is 1.42. The van der Waals surface area contributed by atoms with Crippen molar-refractivity contribution in [3.8, 4) is 11.5 Å². The summed E-state index contributed by atoms with van der Waals surface area (Å²) in [7, 11) is 3.07. The van der Waals surface area contributed by atoms with Crippen LogP contribution >= 0.6 is 0 Å². The van der Waals surface area contributed by atoms with Crippen LogP contribution in [0.3, 0.4) is 0 Å². The number of hydrogen-bond acceptors (Lipinski definition) is 4. The van der Waals surface area contributed by atoms with Gasteiger partial charge in [-0.2, -0.15) is 5.10 Å². The third-order valence-electron chi connectivity index (χ3n) is 4.08. The molecule has 6 heteroatoms. The first kappa shape index (κ1) is 17.5. The van der Waals surface area contributed by atoms with E-state index in [2.05, 4.69) is 10.4 Å². The van der Waals surface area contributed by atoms with Crippen LogP contribution in [0.1, 0.15) is 22.0 Å². The van der Waals surface area contributed by atoms with Crippen LogP contribution in [0.5, 0.6) is 11.5 Å². The van der Waals surface area contributed by atoms with Gasteiger partial charge in [-0.05, 0) is 23.8 Å². The highest BCUT2D eigenvalue weighted by atomic mass is 16.5. The fourth-order valence-corrected chi connectivity index (χ4v) is 2.82. The minimum Gasteiger partial charge on any atom is -0.493 e. The van der Waals surface area contributed by atoms with Crippen LogP contribution in [-0.2, 0) is 6.54 Å². The van der Waals surface area contributed by atoms with Gasteiger partial charge < -0.3 is 14.8 Å². The minimum atomic E-state index is -0.237. The summed E-state index contributed by atoms with van der Waals surface area (Å²) in [6.07, 6.45) is 3.59. The summed E-state index contributed by atoms with van der Waals surface area (Å²) < 4.78 is 12.5. The van der Waals surface area contributed by atoms with Crippen LogP contribution < -0.4 is 14.8 Å². The number of ether oxygens (including phenoxy) is 2.